The van der Waals surface area contributed by atoms with Crippen molar-refractivity contribution >= 4 is 40.4 Å². The average molecular weight is 635 g/mol. The lowest BCUT2D eigenvalue weighted by Gasteiger charge is -2.26. The molecule has 5 heterocycles. The summed E-state index contributed by atoms with van der Waals surface area (Å²) in [5.41, 5.74) is 9.10. The molecular weight excluding hydrogens is 603 g/mol. The average Bonchev–Trinajstić information content (AvgIpc) is 3.46. The number of ether oxygens (including phenoxy) is 2. The normalized spacial score (nSPS) is 15.7. The lowest BCUT2D eigenvalue weighted by Crippen LogP contribution is -2.45. The Balaban J connectivity index is 1.22. The molecule has 1 aromatic carbocycles. The van der Waals surface area contributed by atoms with E-state index in [1.807, 2.05) is 12.1 Å². The lowest BCUT2D eigenvalue weighted by atomic mass is 9.98. The molecular formula is C32H32ClFN6O5. The quantitative estimate of drug-likeness (QED) is 0.211. The summed E-state index contributed by atoms with van der Waals surface area (Å²) >= 11 is 6.60. The third-order valence-corrected chi connectivity index (χ3v) is 8.17. The third-order valence-electron chi connectivity index (χ3n) is 7.89. The van der Waals surface area contributed by atoms with Crippen molar-refractivity contribution in [1.29, 1.82) is 0 Å². The first-order valence-corrected chi connectivity index (χ1v) is 15.0. The van der Waals surface area contributed by atoms with Crippen LogP contribution in [0.5, 0.6) is 0 Å². The van der Waals surface area contributed by atoms with Gasteiger partial charge in [-0.3, -0.25) is 19.4 Å². The van der Waals surface area contributed by atoms with Gasteiger partial charge in [0.2, 0.25) is 11.9 Å². The maximum atomic E-state index is 14.8. The van der Waals surface area contributed by atoms with Crippen LogP contribution in [-0.4, -0.2) is 67.3 Å². The zero-order valence-corrected chi connectivity index (χ0v) is 25.8. The Kier molecular flexibility index (Phi) is 8.04. The number of aromatic nitrogens is 4. The molecule has 3 aromatic heterocycles. The highest BCUT2D eigenvalue weighted by Crippen LogP contribution is 2.35. The maximum Gasteiger partial charge on any atom is 0.306 e. The van der Waals surface area contributed by atoms with Crippen molar-refractivity contribution in [3.63, 3.8) is 0 Å². The summed E-state index contributed by atoms with van der Waals surface area (Å²) in [5.74, 6) is -1.98. The molecule has 0 aliphatic carbocycles. The topological polar surface area (TPSA) is 143 Å². The molecule has 0 saturated carbocycles. The standard InChI is InChI=1S/C32H32ClFN6O5/c1-32(2,3)45-27(41)7-6-25(29(35)42)39-14-19-8-17(4-5-21(19)31(39)43)13-40-30-23(12-37-40)22(10-26(34)38-30)28-24(33)9-18(11-36-28)20-15-44-16-20/h4-5,8-12,20,25H,6-7,13-16H2,1-3H3,(H2,35,42)/t25-/m0/s1. The summed E-state index contributed by atoms with van der Waals surface area (Å²) in [5, 5.41) is 5.46. The van der Waals surface area contributed by atoms with Crippen LogP contribution in [0, 0.1) is 5.95 Å². The number of nitrogens with two attached hydrogens (primary N) is 1. The van der Waals surface area contributed by atoms with Crippen LogP contribution < -0.4 is 5.73 Å². The van der Waals surface area contributed by atoms with Crippen molar-refractivity contribution in [1.82, 2.24) is 24.6 Å². The number of fused-ring (bicyclic) bond motifs is 2. The van der Waals surface area contributed by atoms with Crippen molar-refractivity contribution in [3.8, 4) is 11.3 Å². The number of carbonyl (C=O) groups excluding carboxylic acids is 3. The minimum atomic E-state index is -0.974. The van der Waals surface area contributed by atoms with Crippen molar-refractivity contribution < 1.29 is 28.2 Å². The molecule has 1 saturated heterocycles. The Labute approximate surface area is 263 Å². The number of hydrogen-bond acceptors (Lipinski definition) is 8. The highest BCUT2D eigenvalue weighted by atomic mass is 35.5. The van der Waals surface area contributed by atoms with E-state index in [0.717, 1.165) is 11.1 Å². The molecule has 2 aliphatic rings. The number of nitrogens with zero attached hydrogens (tertiary/aromatic N) is 5. The number of pyridine rings is 2. The smallest absolute Gasteiger partial charge is 0.306 e. The summed E-state index contributed by atoms with van der Waals surface area (Å²) in [4.78, 5) is 47.9. The van der Waals surface area contributed by atoms with Crippen LogP contribution in [0.2, 0.25) is 5.02 Å². The molecule has 0 spiro atoms. The minimum absolute atomic E-state index is 0.0479. The molecule has 45 heavy (non-hydrogen) atoms. The Morgan fingerprint density at radius 1 is 1.18 bits per heavy atom. The molecule has 6 rings (SSSR count). The van der Waals surface area contributed by atoms with Crippen LogP contribution in [0.4, 0.5) is 4.39 Å². The Morgan fingerprint density at radius 3 is 2.62 bits per heavy atom. The van der Waals surface area contributed by atoms with Crippen LogP contribution in [-0.2, 0) is 32.2 Å². The van der Waals surface area contributed by atoms with Crippen molar-refractivity contribution in [2.75, 3.05) is 13.2 Å². The molecule has 0 radical (unpaired) electrons. The highest BCUT2D eigenvalue weighted by Gasteiger charge is 2.36. The number of rotatable bonds is 9. The monoisotopic (exact) mass is 634 g/mol. The minimum Gasteiger partial charge on any atom is -0.460 e. The van der Waals surface area contributed by atoms with Crippen molar-refractivity contribution in [3.05, 3.63) is 75.9 Å². The molecule has 0 unspecified atom stereocenters. The first-order chi connectivity index (χ1) is 21.4. The first-order valence-electron chi connectivity index (χ1n) is 14.6. The second kappa shape index (κ2) is 11.8. The summed E-state index contributed by atoms with van der Waals surface area (Å²) in [7, 11) is 0. The van der Waals surface area contributed by atoms with Crippen molar-refractivity contribution in [2.45, 2.75) is 64.3 Å². The van der Waals surface area contributed by atoms with Crippen LogP contribution >= 0.6 is 11.6 Å². The number of benzene rings is 1. The number of carbonyl (C=O) groups is 3. The first kappa shape index (κ1) is 30.6. The molecule has 2 aliphatic heterocycles. The fraction of sp³-hybridized carbons (Fsp3) is 0.375. The van der Waals surface area contributed by atoms with Crippen LogP contribution in [0.15, 0.2) is 42.7 Å². The molecule has 234 valence electrons. The maximum absolute atomic E-state index is 14.8. The van der Waals surface area contributed by atoms with Gasteiger partial charge in [0.05, 0.1) is 36.7 Å². The van der Waals surface area contributed by atoms with Gasteiger partial charge in [-0.05, 0) is 56.0 Å². The Morgan fingerprint density at radius 2 is 1.96 bits per heavy atom. The predicted molar refractivity (Wildman–Crippen MR) is 163 cm³/mol. The molecule has 2 amide bonds. The largest absolute Gasteiger partial charge is 0.460 e. The van der Waals surface area contributed by atoms with Crippen molar-refractivity contribution in [2.24, 2.45) is 5.73 Å². The van der Waals surface area contributed by atoms with Gasteiger partial charge in [0, 0.05) is 47.7 Å². The van der Waals surface area contributed by atoms with E-state index in [1.54, 1.807) is 50.0 Å². The third kappa shape index (κ3) is 6.25. The van der Waals surface area contributed by atoms with Gasteiger partial charge in [0.15, 0.2) is 5.65 Å². The summed E-state index contributed by atoms with van der Waals surface area (Å²) in [6, 6.07) is 7.45. The second-order valence-corrected chi connectivity index (χ2v) is 12.7. The Bertz CT molecular complexity index is 1830. The number of hydrogen-bond donors (Lipinski definition) is 1. The number of esters is 1. The second-order valence-electron chi connectivity index (χ2n) is 12.3. The van der Waals surface area contributed by atoms with Gasteiger partial charge < -0.3 is 20.1 Å². The summed E-state index contributed by atoms with van der Waals surface area (Å²) in [6.07, 6.45) is 3.32. The zero-order chi connectivity index (χ0) is 32.0. The van der Waals surface area contributed by atoms with Gasteiger partial charge in [-0.2, -0.15) is 14.5 Å². The lowest BCUT2D eigenvalue weighted by molar-refractivity contribution is -0.155. The van der Waals surface area contributed by atoms with E-state index in [0.29, 0.717) is 51.7 Å². The number of amides is 2. The van der Waals surface area contributed by atoms with Crippen LogP contribution in [0.3, 0.4) is 0 Å². The zero-order valence-electron chi connectivity index (χ0n) is 25.0. The van der Waals surface area contributed by atoms with Gasteiger partial charge in [0.1, 0.15) is 11.6 Å². The molecule has 0 bridgehead atoms. The van der Waals surface area contributed by atoms with E-state index in [4.69, 9.17) is 26.8 Å². The fourth-order valence-electron chi connectivity index (χ4n) is 5.65. The van der Waals surface area contributed by atoms with E-state index >= 15 is 0 Å². The summed E-state index contributed by atoms with van der Waals surface area (Å²) < 4.78 is 27.0. The van der Waals surface area contributed by atoms with Crippen LogP contribution in [0.25, 0.3) is 22.3 Å². The van der Waals surface area contributed by atoms with Crippen LogP contribution in [0.1, 0.15) is 66.6 Å². The molecule has 11 nitrogen and oxygen atoms in total. The van der Waals surface area contributed by atoms with E-state index in [-0.39, 0.29) is 37.8 Å². The number of primary amides is 1. The molecule has 13 heteroatoms. The molecule has 4 aromatic rings. The van der Waals surface area contributed by atoms with E-state index in [9.17, 15) is 18.8 Å². The van der Waals surface area contributed by atoms with Gasteiger partial charge in [0.25, 0.3) is 5.91 Å². The molecule has 1 fully saturated rings. The predicted octanol–water partition coefficient (Wildman–Crippen LogP) is 4.38. The van der Waals surface area contributed by atoms with Gasteiger partial charge in [-0.15, -0.1) is 0 Å². The van der Waals surface area contributed by atoms with E-state index in [2.05, 4.69) is 15.1 Å². The SMILES string of the molecule is CC(C)(C)OC(=O)CC[C@@H](C(N)=O)N1Cc2cc(Cn3ncc4c(-c5ncc(C6COC6)cc5Cl)cc(F)nc43)ccc2C1=O. The fourth-order valence-corrected chi connectivity index (χ4v) is 5.93. The van der Waals surface area contributed by atoms with Gasteiger partial charge in [-0.1, -0.05) is 23.7 Å². The summed E-state index contributed by atoms with van der Waals surface area (Å²) in [6.45, 7) is 6.88. The van der Waals surface area contributed by atoms with Gasteiger partial charge >= 0.3 is 5.97 Å². The molecule has 1 atom stereocenters. The highest BCUT2D eigenvalue weighted by molar-refractivity contribution is 6.33. The molecule has 2 N–H and O–H groups in total. The number of halogens is 2. The van der Waals surface area contributed by atoms with Gasteiger partial charge in [-0.25, -0.2) is 4.68 Å². The Hall–Kier alpha value is -4.42. The van der Waals surface area contributed by atoms with E-state index in [1.165, 1.54) is 11.0 Å². The van der Waals surface area contributed by atoms with E-state index < -0.39 is 29.5 Å².